The van der Waals surface area contributed by atoms with Crippen LogP contribution in [-0.4, -0.2) is 78.5 Å². The molecule has 1 aromatic rings. The van der Waals surface area contributed by atoms with Gasteiger partial charge >= 0.3 is 0 Å². The number of carbonyl (C=O) groups excluding carboxylic acids is 4. The molecule has 5 heterocycles. The molecule has 202 valence electrons. The Morgan fingerprint density at radius 3 is 2.21 bits per heavy atom. The maximum Gasteiger partial charge on any atom is 0.262 e. The molecule has 5 aliphatic rings. The van der Waals surface area contributed by atoms with Gasteiger partial charge in [0.25, 0.3) is 11.8 Å². The van der Waals surface area contributed by atoms with Crippen LogP contribution < -0.4 is 10.2 Å². The molecule has 0 aromatic heterocycles. The maximum absolute atomic E-state index is 13.2. The van der Waals surface area contributed by atoms with Crippen molar-refractivity contribution in [2.24, 2.45) is 11.8 Å². The molecule has 0 saturated carbocycles. The zero-order valence-corrected chi connectivity index (χ0v) is 21.5. The van der Waals surface area contributed by atoms with Gasteiger partial charge in [0.05, 0.1) is 11.1 Å². The molecule has 6 rings (SSSR count). The van der Waals surface area contributed by atoms with Gasteiger partial charge in [-0.3, -0.25) is 29.4 Å². The number of rotatable bonds is 6. The molecular weight excluding hydrogens is 488 g/mol. The van der Waals surface area contributed by atoms with Gasteiger partial charge in [0.1, 0.15) is 18.6 Å². The minimum absolute atomic E-state index is 0.107. The Morgan fingerprint density at radius 1 is 0.816 bits per heavy atom. The third-order valence-electron chi connectivity index (χ3n) is 8.67. The average molecular weight is 523 g/mol. The number of imide groups is 2. The Kier molecular flexibility index (Phi) is 6.82. The highest BCUT2D eigenvalue weighted by molar-refractivity contribution is 6.23. The van der Waals surface area contributed by atoms with Gasteiger partial charge in [-0.15, -0.1) is 0 Å². The number of likely N-dealkylation sites (tertiary alicyclic amines) is 1. The summed E-state index contributed by atoms with van der Waals surface area (Å²) in [5.41, 5.74) is 1.59. The minimum atomic E-state index is -0.939. The first-order valence-corrected chi connectivity index (χ1v) is 13.7. The van der Waals surface area contributed by atoms with Crippen LogP contribution in [0.2, 0.25) is 0 Å². The largest absolute Gasteiger partial charge is 0.459 e. The summed E-state index contributed by atoms with van der Waals surface area (Å²) >= 11 is 0. The number of anilines is 1. The summed E-state index contributed by atoms with van der Waals surface area (Å²) in [6.45, 7) is 5.17. The van der Waals surface area contributed by atoms with E-state index in [1.807, 2.05) is 6.07 Å². The standard InChI is InChI=1S/C28H34N4O6/c33-24-4-3-23(26(34)29-24)32-27(35)21-2-1-20(16-22(21)28(32)36)31-11-7-19(8-12-31)17-30-9-5-18(6-10-30)15-25-37-13-14-38-25/h1-2,13-14,16,18-19,23,25H,3-12,15,17H2,(H,29,33,34). The lowest BCUT2D eigenvalue weighted by atomic mass is 9.91. The molecule has 1 N–H and O–H groups in total. The Balaban J connectivity index is 1.01. The summed E-state index contributed by atoms with van der Waals surface area (Å²) in [6.07, 6.45) is 8.91. The van der Waals surface area contributed by atoms with Crippen LogP contribution in [-0.2, 0) is 19.1 Å². The van der Waals surface area contributed by atoms with E-state index in [9.17, 15) is 19.2 Å². The summed E-state index contributed by atoms with van der Waals surface area (Å²) in [5, 5.41) is 2.24. The van der Waals surface area contributed by atoms with Crippen molar-refractivity contribution in [3.63, 3.8) is 0 Å². The van der Waals surface area contributed by atoms with Crippen molar-refractivity contribution in [3.05, 3.63) is 41.9 Å². The van der Waals surface area contributed by atoms with E-state index >= 15 is 0 Å². The number of carbonyl (C=O) groups is 4. The van der Waals surface area contributed by atoms with Gasteiger partial charge in [-0.25, -0.2) is 0 Å². The molecule has 10 heteroatoms. The predicted molar refractivity (Wildman–Crippen MR) is 137 cm³/mol. The summed E-state index contributed by atoms with van der Waals surface area (Å²) < 4.78 is 10.9. The number of piperidine rings is 3. The van der Waals surface area contributed by atoms with E-state index in [1.54, 1.807) is 24.7 Å². The number of amides is 4. The van der Waals surface area contributed by atoms with E-state index in [4.69, 9.17) is 9.47 Å². The molecule has 1 atom stereocenters. The smallest absolute Gasteiger partial charge is 0.262 e. The third kappa shape index (κ3) is 4.89. The van der Waals surface area contributed by atoms with Crippen molar-refractivity contribution >= 4 is 29.3 Å². The topological polar surface area (TPSA) is 108 Å². The Morgan fingerprint density at radius 2 is 1.50 bits per heavy atom. The lowest BCUT2D eigenvalue weighted by Gasteiger charge is -2.38. The first-order valence-electron chi connectivity index (χ1n) is 13.7. The molecule has 10 nitrogen and oxygen atoms in total. The van der Waals surface area contributed by atoms with Crippen molar-refractivity contribution in [3.8, 4) is 0 Å². The highest BCUT2D eigenvalue weighted by atomic mass is 16.7. The van der Waals surface area contributed by atoms with Gasteiger partial charge in [-0.1, -0.05) is 0 Å². The quantitative estimate of drug-likeness (QED) is 0.567. The van der Waals surface area contributed by atoms with E-state index < -0.39 is 23.8 Å². The van der Waals surface area contributed by atoms with Crippen molar-refractivity contribution in [1.82, 2.24) is 15.1 Å². The highest BCUT2D eigenvalue weighted by Gasteiger charge is 2.44. The molecule has 3 fully saturated rings. The number of nitrogens with zero attached hydrogens (tertiary/aromatic N) is 3. The van der Waals surface area contributed by atoms with Crippen molar-refractivity contribution in [2.45, 2.75) is 57.3 Å². The van der Waals surface area contributed by atoms with Crippen LogP contribution in [0.25, 0.3) is 0 Å². The lowest BCUT2D eigenvalue weighted by Crippen LogP contribution is -2.54. The second-order valence-electron chi connectivity index (χ2n) is 11.1. The SMILES string of the molecule is O=C1CCC(N2C(=O)c3ccc(N4CCC(CN5CCC(CC6OC=CO6)CC5)CC4)cc3C2=O)C(=O)N1. The van der Waals surface area contributed by atoms with Crippen molar-refractivity contribution in [2.75, 3.05) is 37.6 Å². The number of hydrogen-bond donors (Lipinski definition) is 1. The second kappa shape index (κ2) is 10.4. The van der Waals surface area contributed by atoms with E-state index in [1.165, 1.54) is 12.8 Å². The van der Waals surface area contributed by atoms with E-state index in [2.05, 4.69) is 15.1 Å². The van der Waals surface area contributed by atoms with Crippen LogP contribution >= 0.6 is 0 Å². The molecule has 1 aromatic carbocycles. The Bertz CT molecular complexity index is 1140. The fourth-order valence-electron chi connectivity index (χ4n) is 6.45. The molecule has 0 bridgehead atoms. The molecule has 0 aliphatic carbocycles. The molecule has 0 spiro atoms. The Hall–Kier alpha value is -3.40. The molecule has 1 unspecified atom stereocenters. The Labute approximate surface area is 221 Å². The van der Waals surface area contributed by atoms with Crippen molar-refractivity contribution < 1.29 is 28.7 Å². The average Bonchev–Trinajstić information content (AvgIpc) is 3.52. The van der Waals surface area contributed by atoms with E-state index in [-0.39, 0.29) is 25.0 Å². The summed E-state index contributed by atoms with van der Waals surface area (Å²) in [5.74, 6) is -0.584. The molecule has 38 heavy (non-hydrogen) atoms. The number of fused-ring (bicyclic) bond motifs is 1. The second-order valence-corrected chi connectivity index (χ2v) is 11.1. The van der Waals surface area contributed by atoms with Gasteiger partial charge in [0.15, 0.2) is 0 Å². The van der Waals surface area contributed by atoms with Gasteiger partial charge in [0.2, 0.25) is 18.1 Å². The molecular formula is C28H34N4O6. The minimum Gasteiger partial charge on any atom is -0.459 e. The summed E-state index contributed by atoms with van der Waals surface area (Å²) in [6, 6.07) is 4.45. The molecule has 5 aliphatic heterocycles. The monoisotopic (exact) mass is 522 g/mol. The fraction of sp³-hybridized carbons (Fsp3) is 0.571. The highest BCUT2D eigenvalue weighted by Crippen LogP contribution is 2.33. The van der Waals surface area contributed by atoms with Crippen molar-refractivity contribution in [1.29, 1.82) is 0 Å². The molecule has 4 amide bonds. The number of hydrogen-bond acceptors (Lipinski definition) is 8. The zero-order chi connectivity index (χ0) is 26.2. The van der Waals surface area contributed by atoms with Gasteiger partial charge in [0, 0.05) is 38.2 Å². The van der Waals surface area contributed by atoms with E-state index in [0.29, 0.717) is 23.0 Å². The normalized spacial score (nSPS) is 25.5. The maximum atomic E-state index is 13.2. The number of nitrogens with one attached hydrogen (secondary N) is 1. The zero-order valence-electron chi connectivity index (χ0n) is 21.5. The third-order valence-corrected chi connectivity index (χ3v) is 8.67. The summed E-state index contributed by atoms with van der Waals surface area (Å²) in [4.78, 5) is 55.8. The van der Waals surface area contributed by atoms with Gasteiger partial charge in [-0.2, -0.15) is 0 Å². The first-order chi connectivity index (χ1) is 18.5. The lowest BCUT2D eigenvalue weighted by molar-refractivity contribution is -0.136. The van der Waals surface area contributed by atoms with Gasteiger partial charge in [-0.05, 0) is 75.2 Å². The van der Waals surface area contributed by atoms with Crippen LogP contribution in [0.3, 0.4) is 0 Å². The van der Waals surface area contributed by atoms with Gasteiger partial charge < -0.3 is 19.3 Å². The number of ether oxygens (including phenoxy) is 2. The predicted octanol–water partition coefficient (Wildman–Crippen LogP) is 2.25. The fourth-order valence-corrected chi connectivity index (χ4v) is 6.45. The van der Waals surface area contributed by atoms with Crippen LogP contribution in [0.4, 0.5) is 5.69 Å². The molecule has 3 saturated heterocycles. The summed E-state index contributed by atoms with van der Waals surface area (Å²) in [7, 11) is 0. The van der Waals surface area contributed by atoms with E-state index in [0.717, 1.165) is 62.6 Å². The molecule has 0 radical (unpaired) electrons. The first kappa shape index (κ1) is 24.9. The van der Waals surface area contributed by atoms with Crippen LogP contribution in [0.15, 0.2) is 30.7 Å². The number of benzene rings is 1. The van der Waals surface area contributed by atoms with Crippen LogP contribution in [0.5, 0.6) is 0 Å². The van der Waals surface area contributed by atoms with Crippen LogP contribution in [0.1, 0.15) is 65.7 Å². The van der Waals surface area contributed by atoms with Crippen LogP contribution in [0, 0.1) is 11.8 Å².